The molecule has 1 N–H and O–H groups in total. The van der Waals surface area contributed by atoms with Crippen molar-refractivity contribution in [2.24, 2.45) is 10.2 Å². The number of thioether (sulfide) groups is 1. The van der Waals surface area contributed by atoms with Crippen LogP contribution < -0.4 is 5.32 Å². The molecule has 5 nitrogen and oxygen atoms in total. The predicted molar refractivity (Wildman–Crippen MR) is 85.3 cm³/mol. The summed E-state index contributed by atoms with van der Waals surface area (Å²) >= 11 is 1.35. The maximum absolute atomic E-state index is 11.0. The number of amides is 1. The van der Waals surface area contributed by atoms with Crippen LogP contribution in [0.2, 0.25) is 0 Å². The molecule has 2 aromatic rings. The van der Waals surface area contributed by atoms with Gasteiger partial charge >= 0.3 is 0 Å². The van der Waals surface area contributed by atoms with E-state index in [0.29, 0.717) is 10.9 Å². The average Bonchev–Trinajstić information content (AvgIpc) is 2.94. The summed E-state index contributed by atoms with van der Waals surface area (Å²) in [5.41, 5.74) is 2.93. The summed E-state index contributed by atoms with van der Waals surface area (Å²) in [6, 6.07) is 13.7. The summed E-state index contributed by atoms with van der Waals surface area (Å²) in [5, 5.41) is 11.1. The topological polar surface area (TPSA) is 66.7 Å². The number of aromatic nitrogens is 1. The van der Waals surface area contributed by atoms with Crippen LogP contribution in [-0.4, -0.2) is 28.0 Å². The van der Waals surface area contributed by atoms with E-state index in [1.54, 1.807) is 12.4 Å². The van der Waals surface area contributed by atoms with Gasteiger partial charge in [-0.15, -0.1) is 5.10 Å². The third-order valence-electron chi connectivity index (χ3n) is 2.81. The Morgan fingerprint density at radius 1 is 1.19 bits per heavy atom. The normalized spacial score (nSPS) is 16.6. The van der Waals surface area contributed by atoms with Crippen molar-refractivity contribution in [1.82, 2.24) is 10.3 Å². The monoisotopic (exact) mass is 296 g/mol. The number of hydrogen-bond donors (Lipinski definition) is 1. The minimum absolute atomic E-state index is 0.0336. The Kier molecular flexibility index (Phi) is 4.07. The Hall–Kier alpha value is -2.47. The van der Waals surface area contributed by atoms with Crippen molar-refractivity contribution in [3.63, 3.8) is 0 Å². The van der Waals surface area contributed by atoms with Gasteiger partial charge in [-0.1, -0.05) is 42.1 Å². The zero-order valence-electron chi connectivity index (χ0n) is 11.1. The fourth-order valence-corrected chi connectivity index (χ4v) is 2.43. The van der Waals surface area contributed by atoms with Gasteiger partial charge in [-0.3, -0.25) is 9.78 Å². The Morgan fingerprint density at radius 3 is 2.71 bits per heavy atom. The molecule has 21 heavy (non-hydrogen) atoms. The Balaban J connectivity index is 1.69. The van der Waals surface area contributed by atoms with Gasteiger partial charge in [-0.2, -0.15) is 5.10 Å². The highest BCUT2D eigenvalue weighted by Crippen LogP contribution is 2.16. The number of rotatable bonds is 3. The second kappa shape index (κ2) is 6.32. The van der Waals surface area contributed by atoms with Crippen molar-refractivity contribution < 1.29 is 4.79 Å². The van der Waals surface area contributed by atoms with E-state index in [4.69, 9.17) is 0 Å². The first-order valence-electron chi connectivity index (χ1n) is 6.36. The highest BCUT2D eigenvalue weighted by Gasteiger charge is 2.15. The summed E-state index contributed by atoms with van der Waals surface area (Å²) in [4.78, 5) is 15.3. The van der Waals surface area contributed by atoms with E-state index >= 15 is 0 Å². The van der Waals surface area contributed by atoms with Crippen LogP contribution in [-0.2, 0) is 4.79 Å². The minimum Gasteiger partial charge on any atom is -0.303 e. The van der Waals surface area contributed by atoms with E-state index in [2.05, 4.69) is 20.5 Å². The van der Waals surface area contributed by atoms with Crippen molar-refractivity contribution in [1.29, 1.82) is 0 Å². The first-order chi connectivity index (χ1) is 10.3. The summed E-state index contributed by atoms with van der Waals surface area (Å²) in [7, 11) is 0. The zero-order valence-corrected chi connectivity index (χ0v) is 11.9. The molecule has 3 rings (SSSR count). The fraction of sp³-hybridized carbons (Fsp3) is 0.0667. The molecule has 1 aliphatic heterocycles. The van der Waals surface area contributed by atoms with Crippen LogP contribution in [0.3, 0.4) is 0 Å². The van der Waals surface area contributed by atoms with Gasteiger partial charge in [0.2, 0.25) is 5.91 Å². The van der Waals surface area contributed by atoms with Crippen molar-refractivity contribution in [3.05, 3.63) is 54.2 Å². The molecule has 0 bridgehead atoms. The van der Waals surface area contributed by atoms with Crippen LogP contribution in [0.4, 0.5) is 0 Å². The van der Waals surface area contributed by atoms with E-state index in [-0.39, 0.29) is 5.91 Å². The summed E-state index contributed by atoms with van der Waals surface area (Å²) in [5.74, 6) is 0.376. The fourth-order valence-electron chi connectivity index (χ4n) is 1.80. The van der Waals surface area contributed by atoms with E-state index in [9.17, 15) is 4.79 Å². The third-order valence-corrected chi connectivity index (χ3v) is 3.68. The predicted octanol–water partition coefficient (Wildman–Crippen LogP) is 2.30. The van der Waals surface area contributed by atoms with E-state index in [1.165, 1.54) is 11.8 Å². The van der Waals surface area contributed by atoms with Crippen molar-refractivity contribution in [3.8, 4) is 11.3 Å². The van der Waals surface area contributed by atoms with Gasteiger partial charge in [0, 0.05) is 11.8 Å². The molecule has 1 fully saturated rings. The van der Waals surface area contributed by atoms with Crippen LogP contribution in [0.5, 0.6) is 0 Å². The lowest BCUT2D eigenvalue weighted by atomic mass is 10.1. The number of carbonyl (C=O) groups is 1. The molecule has 0 radical (unpaired) electrons. The van der Waals surface area contributed by atoms with Crippen molar-refractivity contribution >= 4 is 29.1 Å². The SMILES string of the molecule is O=C1CSC(=NN=Cc2ccc(-c3ccccn3)cc2)N1. The molecule has 0 atom stereocenters. The molecule has 0 aliphatic carbocycles. The maximum Gasteiger partial charge on any atom is 0.236 e. The lowest BCUT2D eigenvalue weighted by Crippen LogP contribution is -2.19. The number of carbonyl (C=O) groups excluding carboxylic acids is 1. The van der Waals surface area contributed by atoms with Gasteiger partial charge < -0.3 is 5.32 Å². The van der Waals surface area contributed by atoms with Crippen LogP contribution in [0.1, 0.15) is 5.56 Å². The Morgan fingerprint density at radius 2 is 2.05 bits per heavy atom. The first-order valence-corrected chi connectivity index (χ1v) is 7.35. The molecule has 1 saturated heterocycles. The smallest absolute Gasteiger partial charge is 0.236 e. The van der Waals surface area contributed by atoms with Crippen LogP contribution in [0.15, 0.2) is 58.9 Å². The second-order valence-electron chi connectivity index (χ2n) is 4.32. The molecular weight excluding hydrogens is 284 g/mol. The quantitative estimate of drug-likeness (QED) is 0.698. The van der Waals surface area contributed by atoms with E-state index in [1.807, 2.05) is 42.5 Å². The highest BCUT2D eigenvalue weighted by molar-refractivity contribution is 8.15. The Labute approximate surface area is 126 Å². The van der Waals surface area contributed by atoms with Gasteiger partial charge in [0.1, 0.15) is 0 Å². The number of amidine groups is 1. The molecule has 1 aromatic heterocycles. The van der Waals surface area contributed by atoms with Crippen LogP contribution >= 0.6 is 11.8 Å². The number of nitrogens with one attached hydrogen (secondary N) is 1. The molecule has 2 heterocycles. The van der Waals surface area contributed by atoms with Crippen molar-refractivity contribution in [2.75, 3.05) is 5.75 Å². The van der Waals surface area contributed by atoms with Gasteiger partial charge in [-0.25, -0.2) is 0 Å². The lowest BCUT2D eigenvalue weighted by Gasteiger charge is -2.00. The number of hydrogen-bond acceptors (Lipinski definition) is 5. The molecule has 0 unspecified atom stereocenters. The summed E-state index contributed by atoms with van der Waals surface area (Å²) < 4.78 is 0. The van der Waals surface area contributed by atoms with E-state index in [0.717, 1.165) is 16.8 Å². The molecular formula is C15H12N4OS. The zero-order chi connectivity index (χ0) is 14.5. The first kappa shape index (κ1) is 13.5. The van der Waals surface area contributed by atoms with Gasteiger partial charge in [0.25, 0.3) is 0 Å². The molecule has 104 valence electrons. The number of pyridine rings is 1. The van der Waals surface area contributed by atoms with E-state index < -0.39 is 0 Å². The number of benzene rings is 1. The third kappa shape index (κ3) is 3.55. The Bertz CT molecular complexity index is 695. The molecule has 0 saturated carbocycles. The van der Waals surface area contributed by atoms with Gasteiger partial charge in [0.15, 0.2) is 5.17 Å². The highest BCUT2D eigenvalue weighted by atomic mass is 32.2. The molecule has 1 aromatic carbocycles. The molecule has 1 aliphatic rings. The lowest BCUT2D eigenvalue weighted by molar-refractivity contribution is -0.116. The van der Waals surface area contributed by atoms with Crippen LogP contribution in [0.25, 0.3) is 11.3 Å². The van der Waals surface area contributed by atoms with Crippen molar-refractivity contribution in [2.45, 2.75) is 0 Å². The standard InChI is InChI=1S/C15H12N4OS/c20-14-10-21-15(18-14)19-17-9-11-4-6-12(7-5-11)13-3-1-2-8-16-13/h1-9H,10H2,(H,18,19,20). The second-order valence-corrected chi connectivity index (χ2v) is 5.29. The molecule has 1 amide bonds. The van der Waals surface area contributed by atoms with Gasteiger partial charge in [-0.05, 0) is 17.7 Å². The largest absolute Gasteiger partial charge is 0.303 e. The summed E-state index contributed by atoms with van der Waals surface area (Å²) in [6.07, 6.45) is 3.43. The maximum atomic E-state index is 11.0. The van der Waals surface area contributed by atoms with Crippen LogP contribution in [0, 0.1) is 0 Å². The van der Waals surface area contributed by atoms with Gasteiger partial charge in [0.05, 0.1) is 17.7 Å². The minimum atomic E-state index is -0.0336. The molecule has 0 spiro atoms. The summed E-state index contributed by atoms with van der Waals surface area (Å²) in [6.45, 7) is 0. The molecule has 6 heteroatoms. The average molecular weight is 296 g/mol. The number of nitrogens with zero attached hydrogens (tertiary/aromatic N) is 3.